The average Bonchev–Trinajstić information content (AvgIpc) is 3.04. The maximum atomic E-state index is 9.85. The van der Waals surface area contributed by atoms with Crippen LogP contribution < -0.4 is 10.5 Å². The lowest BCUT2D eigenvalue weighted by atomic mass is 10.1. The Labute approximate surface area is 127 Å². The highest BCUT2D eigenvalue weighted by Gasteiger charge is 2.16. The molecule has 0 aliphatic carbocycles. The lowest BCUT2D eigenvalue weighted by Gasteiger charge is -2.09. The summed E-state index contributed by atoms with van der Waals surface area (Å²) in [4.78, 5) is 4.38. The lowest BCUT2D eigenvalue weighted by molar-refractivity contribution is 0.414. The highest BCUT2D eigenvalue weighted by atomic mass is 16.5. The first kappa shape index (κ1) is 14.1. The molecule has 6 heteroatoms. The van der Waals surface area contributed by atoms with Gasteiger partial charge in [0.05, 0.1) is 18.7 Å². The fourth-order valence-electron chi connectivity index (χ4n) is 2.17. The van der Waals surface area contributed by atoms with Gasteiger partial charge in [-0.25, -0.2) is 4.98 Å². The monoisotopic (exact) mass is 296 g/mol. The fourth-order valence-corrected chi connectivity index (χ4v) is 2.17. The van der Waals surface area contributed by atoms with E-state index in [0.29, 0.717) is 17.2 Å². The van der Waals surface area contributed by atoms with E-state index in [1.807, 2.05) is 30.3 Å². The molecule has 0 fully saturated rings. The van der Waals surface area contributed by atoms with Gasteiger partial charge in [0.15, 0.2) is 5.82 Å². The number of nitrogens with two attached hydrogens (primary N) is 1. The van der Waals surface area contributed by atoms with E-state index >= 15 is 0 Å². The highest BCUT2D eigenvalue weighted by molar-refractivity contribution is 5.63. The quantitative estimate of drug-likeness (QED) is 0.686. The van der Waals surface area contributed by atoms with Crippen molar-refractivity contribution < 1.29 is 9.84 Å². The predicted molar refractivity (Wildman–Crippen MR) is 82.5 cm³/mol. The van der Waals surface area contributed by atoms with E-state index in [-0.39, 0.29) is 5.75 Å². The minimum absolute atomic E-state index is 0.131. The SMILES string of the molecule is COc1ccc(C(N)c2nc(-c3ccccc3O)n[nH]2)cc1. The summed E-state index contributed by atoms with van der Waals surface area (Å²) in [5.41, 5.74) is 7.65. The standard InChI is InChI=1S/C16H16N4O2/c1-22-11-8-6-10(7-9-11)14(17)16-18-15(19-20-16)12-4-2-3-5-13(12)21/h2-9,14,21H,17H2,1H3,(H,18,19,20). The van der Waals surface area contributed by atoms with Gasteiger partial charge in [-0.2, -0.15) is 5.10 Å². The molecule has 4 N–H and O–H groups in total. The number of aromatic hydroxyl groups is 1. The molecule has 0 amide bonds. The van der Waals surface area contributed by atoms with E-state index in [4.69, 9.17) is 10.5 Å². The van der Waals surface area contributed by atoms with Crippen LogP contribution in [-0.4, -0.2) is 27.4 Å². The second-order valence-corrected chi connectivity index (χ2v) is 4.81. The number of aromatic nitrogens is 3. The Hall–Kier alpha value is -2.86. The number of hydrogen-bond donors (Lipinski definition) is 3. The predicted octanol–water partition coefficient (Wildman–Crippen LogP) is 2.23. The summed E-state index contributed by atoms with van der Waals surface area (Å²) >= 11 is 0. The highest BCUT2D eigenvalue weighted by Crippen LogP contribution is 2.27. The summed E-state index contributed by atoms with van der Waals surface area (Å²) < 4.78 is 5.13. The summed E-state index contributed by atoms with van der Waals surface area (Å²) in [6.07, 6.45) is 0. The van der Waals surface area contributed by atoms with E-state index in [2.05, 4.69) is 15.2 Å². The van der Waals surface area contributed by atoms with Crippen molar-refractivity contribution in [3.63, 3.8) is 0 Å². The molecular weight excluding hydrogens is 280 g/mol. The third kappa shape index (κ3) is 2.64. The van der Waals surface area contributed by atoms with Gasteiger partial charge in [-0.1, -0.05) is 24.3 Å². The van der Waals surface area contributed by atoms with Gasteiger partial charge in [-0.05, 0) is 29.8 Å². The number of para-hydroxylation sites is 1. The van der Waals surface area contributed by atoms with Crippen LogP contribution >= 0.6 is 0 Å². The van der Waals surface area contributed by atoms with Crippen LogP contribution in [0.2, 0.25) is 0 Å². The number of nitrogens with zero attached hydrogens (tertiary/aromatic N) is 2. The molecule has 1 unspecified atom stereocenters. The van der Waals surface area contributed by atoms with Gasteiger partial charge in [0.1, 0.15) is 17.3 Å². The number of benzene rings is 2. The molecule has 0 saturated carbocycles. The van der Waals surface area contributed by atoms with E-state index in [0.717, 1.165) is 11.3 Å². The Morgan fingerprint density at radius 3 is 2.55 bits per heavy atom. The van der Waals surface area contributed by atoms with Gasteiger partial charge in [0, 0.05) is 0 Å². The summed E-state index contributed by atoms with van der Waals surface area (Å²) in [6.45, 7) is 0. The van der Waals surface area contributed by atoms with Crippen molar-refractivity contribution in [3.05, 3.63) is 59.9 Å². The Kier molecular flexibility index (Phi) is 3.76. The summed E-state index contributed by atoms with van der Waals surface area (Å²) in [5, 5.41) is 16.8. The van der Waals surface area contributed by atoms with Gasteiger partial charge in [0.25, 0.3) is 0 Å². The number of aromatic amines is 1. The van der Waals surface area contributed by atoms with Crippen molar-refractivity contribution in [1.82, 2.24) is 15.2 Å². The topological polar surface area (TPSA) is 97.1 Å². The molecule has 112 valence electrons. The Morgan fingerprint density at radius 2 is 1.86 bits per heavy atom. The Morgan fingerprint density at radius 1 is 1.14 bits per heavy atom. The smallest absolute Gasteiger partial charge is 0.184 e. The molecule has 0 aliphatic rings. The Balaban J connectivity index is 1.88. The van der Waals surface area contributed by atoms with E-state index in [9.17, 15) is 5.11 Å². The van der Waals surface area contributed by atoms with E-state index in [1.165, 1.54) is 0 Å². The summed E-state index contributed by atoms with van der Waals surface area (Å²) in [5.74, 6) is 1.84. The van der Waals surface area contributed by atoms with Gasteiger partial charge in [0.2, 0.25) is 0 Å². The number of hydrogen-bond acceptors (Lipinski definition) is 5. The molecule has 0 bridgehead atoms. The number of rotatable bonds is 4. The molecule has 0 spiro atoms. The molecular formula is C16H16N4O2. The van der Waals surface area contributed by atoms with Crippen molar-refractivity contribution in [2.45, 2.75) is 6.04 Å². The zero-order chi connectivity index (χ0) is 15.5. The van der Waals surface area contributed by atoms with Crippen molar-refractivity contribution in [3.8, 4) is 22.9 Å². The van der Waals surface area contributed by atoms with Crippen molar-refractivity contribution in [2.24, 2.45) is 5.73 Å². The number of methoxy groups -OCH3 is 1. The number of phenolic OH excluding ortho intramolecular Hbond substituents is 1. The minimum Gasteiger partial charge on any atom is -0.507 e. The van der Waals surface area contributed by atoms with Crippen LogP contribution in [0, 0.1) is 0 Å². The summed E-state index contributed by atoms with van der Waals surface area (Å²) in [7, 11) is 1.62. The van der Waals surface area contributed by atoms with Crippen LogP contribution in [0.15, 0.2) is 48.5 Å². The zero-order valence-electron chi connectivity index (χ0n) is 12.0. The molecule has 3 rings (SSSR count). The first-order chi connectivity index (χ1) is 10.7. The number of ether oxygens (including phenoxy) is 1. The average molecular weight is 296 g/mol. The second kappa shape index (κ2) is 5.87. The molecule has 2 aromatic carbocycles. The first-order valence-electron chi connectivity index (χ1n) is 6.79. The first-order valence-corrected chi connectivity index (χ1v) is 6.79. The Bertz CT molecular complexity index is 768. The van der Waals surface area contributed by atoms with Crippen LogP contribution in [0.25, 0.3) is 11.4 Å². The number of H-pyrrole nitrogens is 1. The van der Waals surface area contributed by atoms with Crippen LogP contribution in [0.1, 0.15) is 17.4 Å². The molecule has 6 nitrogen and oxygen atoms in total. The molecule has 1 heterocycles. The molecule has 0 aliphatic heterocycles. The van der Waals surface area contributed by atoms with Gasteiger partial charge < -0.3 is 15.6 Å². The van der Waals surface area contributed by atoms with Crippen LogP contribution in [0.5, 0.6) is 11.5 Å². The molecule has 3 aromatic rings. The van der Waals surface area contributed by atoms with Crippen LogP contribution in [0.3, 0.4) is 0 Å². The molecule has 0 radical (unpaired) electrons. The molecule has 0 saturated heterocycles. The van der Waals surface area contributed by atoms with Gasteiger partial charge in [-0.3, -0.25) is 5.10 Å². The molecule has 1 atom stereocenters. The third-order valence-corrected chi connectivity index (χ3v) is 3.42. The normalized spacial score (nSPS) is 12.1. The summed E-state index contributed by atoms with van der Waals surface area (Å²) in [6, 6.07) is 13.9. The number of nitrogens with one attached hydrogen (secondary N) is 1. The van der Waals surface area contributed by atoms with E-state index < -0.39 is 6.04 Å². The van der Waals surface area contributed by atoms with Crippen LogP contribution in [-0.2, 0) is 0 Å². The largest absolute Gasteiger partial charge is 0.507 e. The molecule has 1 aromatic heterocycles. The van der Waals surface area contributed by atoms with Gasteiger partial charge >= 0.3 is 0 Å². The van der Waals surface area contributed by atoms with E-state index in [1.54, 1.807) is 25.3 Å². The van der Waals surface area contributed by atoms with Gasteiger partial charge in [-0.15, -0.1) is 0 Å². The van der Waals surface area contributed by atoms with Crippen molar-refractivity contribution in [1.29, 1.82) is 0 Å². The minimum atomic E-state index is -0.432. The maximum Gasteiger partial charge on any atom is 0.184 e. The van der Waals surface area contributed by atoms with Crippen molar-refractivity contribution in [2.75, 3.05) is 7.11 Å². The van der Waals surface area contributed by atoms with Crippen molar-refractivity contribution >= 4 is 0 Å². The molecule has 22 heavy (non-hydrogen) atoms. The zero-order valence-corrected chi connectivity index (χ0v) is 12.0. The fraction of sp³-hybridized carbons (Fsp3) is 0.125. The lowest BCUT2D eigenvalue weighted by Crippen LogP contribution is -2.13. The van der Waals surface area contributed by atoms with Crippen LogP contribution in [0.4, 0.5) is 0 Å². The number of phenols is 1. The third-order valence-electron chi connectivity index (χ3n) is 3.42. The second-order valence-electron chi connectivity index (χ2n) is 4.81. The maximum absolute atomic E-state index is 9.85.